The van der Waals surface area contributed by atoms with Crippen molar-refractivity contribution in [2.24, 2.45) is 0 Å². The standard InChI is InChI=1S/C9H6F3NO4/c10-9(11,12)4-5-1-6(8(14)15)3-7(2-5)13(16)17/h1-3H,4H2,(H,14,15). The molecule has 1 rings (SSSR count). The molecule has 1 aromatic carbocycles. The van der Waals surface area contributed by atoms with Gasteiger partial charge in [0.05, 0.1) is 16.9 Å². The number of rotatable bonds is 3. The Morgan fingerprint density at radius 3 is 2.35 bits per heavy atom. The number of aromatic carboxylic acids is 1. The highest BCUT2D eigenvalue weighted by Gasteiger charge is 2.29. The van der Waals surface area contributed by atoms with E-state index in [4.69, 9.17) is 5.11 Å². The number of benzene rings is 1. The van der Waals surface area contributed by atoms with Crippen LogP contribution >= 0.6 is 0 Å². The summed E-state index contributed by atoms with van der Waals surface area (Å²) >= 11 is 0. The molecule has 0 saturated heterocycles. The van der Waals surface area contributed by atoms with Gasteiger partial charge in [0.2, 0.25) is 0 Å². The molecule has 5 nitrogen and oxygen atoms in total. The second-order valence-corrected chi connectivity index (χ2v) is 3.24. The molecule has 0 atom stereocenters. The maximum absolute atomic E-state index is 12.1. The first kappa shape index (κ1) is 12.9. The number of hydrogen-bond donors (Lipinski definition) is 1. The van der Waals surface area contributed by atoms with Crippen LogP contribution in [0, 0.1) is 10.1 Å². The monoisotopic (exact) mass is 249 g/mol. The number of nitrogens with zero attached hydrogens (tertiary/aromatic N) is 1. The zero-order chi connectivity index (χ0) is 13.2. The fourth-order valence-corrected chi connectivity index (χ4v) is 1.24. The highest BCUT2D eigenvalue weighted by molar-refractivity contribution is 5.88. The molecule has 0 aromatic heterocycles. The van der Waals surface area contributed by atoms with Crippen LogP contribution in [0.15, 0.2) is 18.2 Å². The van der Waals surface area contributed by atoms with E-state index < -0.39 is 40.3 Å². The third kappa shape index (κ3) is 3.74. The number of hydrogen-bond acceptors (Lipinski definition) is 3. The van der Waals surface area contributed by atoms with Gasteiger partial charge in [-0.05, 0) is 11.6 Å². The smallest absolute Gasteiger partial charge is 0.393 e. The number of halogens is 3. The van der Waals surface area contributed by atoms with Crippen LogP contribution in [0.2, 0.25) is 0 Å². The fraction of sp³-hybridized carbons (Fsp3) is 0.222. The van der Waals surface area contributed by atoms with Crippen molar-refractivity contribution in [3.8, 4) is 0 Å². The Morgan fingerprint density at radius 2 is 1.94 bits per heavy atom. The van der Waals surface area contributed by atoms with Crippen molar-refractivity contribution in [1.82, 2.24) is 0 Å². The number of nitro groups is 1. The Hall–Kier alpha value is -2.12. The average Bonchev–Trinajstić information content (AvgIpc) is 2.14. The van der Waals surface area contributed by atoms with Gasteiger partial charge in [0.1, 0.15) is 0 Å². The lowest BCUT2D eigenvalue weighted by Gasteiger charge is -2.07. The maximum atomic E-state index is 12.1. The predicted molar refractivity (Wildman–Crippen MR) is 49.8 cm³/mol. The van der Waals surface area contributed by atoms with E-state index in [1.54, 1.807) is 0 Å². The van der Waals surface area contributed by atoms with E-state index in [1.807, 2.05) is 0 Å². The van der Waals surface area contributed by atoms with E-state index in [9.17, 15) is 28.1 Å². The number of alkyl halides is 3. The minimum absolute atomic E-state index is 0.455. The second kappa shape index (κ2) is 4.40. The summed E-state index contributed by atoms with van der Waals surface area (Å²) in [4.78, 5) is 20.1. The zero-order valence-electron chi connectivity index (χ0n) is 8.19. The van der Waals surface area contributed by atoms with Crippen molar-refractivity contribution in [3.05, 3.63) is 39.4 Å². The average molecular weight is 249 g/mol. The number of nitro benzene ring substituents is 1. The van der Waals surface area contributed by atoms with Crippen LogP contribution in [0.25, 0.3) is 0 Å². The van der Waals surface area contributed by atoms with Crippen LogP contribution in [0.4, 0.5) is 18.9 Å². The van der Waals surface area contributed by atoms with Crippen LogP contribution in [0.1, 0.15) is 15.9 Å². The molecular weight excluding hydrogens is 243 g/mol. The van der Waals surface area contributed by atoms with E-state index in [-0.39, 0.29) is 0 Å². The first-order valence-electron chi connectivity index (χ1n) is 4.27. The Morgan fingerprint density at radius 1 is 1.35 bits per heavy atom. The molecule has 92 valence electrons. The molecule has 0 unspecified atom stereocenters. The summed E-state index contributed by atoms with van der Waals surface area (Å²) in [5, 5.41) is 19.0. The molecule has 0 spiro atoms. The van der Waals surface area contributed by atoms with E-state index in [0.29, 0.717) is 12.1 Å². The van der Waals surface area contributed by atoms with Crippen LogP contribution in [0.3, 0.4) is 0 Å². The van der Waals surface area contributed by atoms with Crippen molar-refractivity contribution >= 4 is 11.7 Å². The van der Waals surface area contributed by atoms with Crippen LogP contribution in [-0.4, -0.2) is 22.2 Å². The molecule has 8 heteroatoms. The molecule has 0 bridgehead atoms. The van der Waals surface area contributed by atoms with Gasteiger partial charge in [0.25, 0.3) is 5.69 Å². The minimum Gasteiger partial charge on any atom is -0.478 e. The van der Waals surface area contributed by atoms with Gasteiger partial charge in [-0.25, -0.2) is 4.79 Å². The van der Waals surface area contributed by atoms with Gasteiger partial charge in [-0.15, -0.1) is 0 Å². The molecule has 0 saturated carbocycles. The summed E-state index contributed by atoms with van der Waals surface area (Å²) in [6.07, 6.45) is -5.96. The first-order chi connectivity index (χ1) is 7.69. The van der Waals surface area contributed by atoms with Gasteiger partial charge in [-0.2, -0.15) is 13.2 Å². The molecule has 0 aliphatic heterocycles. The van der Waals surface area contributed by atoms with Crippen molar-refractivity contribution in [2.45, 2.75) is 12.6 Å². The first-order valence-corrected chi connectivity index (χ1v) is 4.27. The van der Waals surface area contributed by atoms with Crippen molar-refractivity contribution < 1.29 is 28.0 Å². The van der Waals surface area contributed by atoms with E-state index >= 15 is 0 Å². The van der Waals surface area contributed by atoms with E-state index in [1.165, 1.54) is 0 Å². The third-order valence-electron chi connectivity index (χ3n) is 1.84. The molecular formula is C9H6F3NO4. The number of non-ortho nitro benzene ring substituents is 1. The summed E-state index contributed by atoms with van der Waals surface area (Å²) in [5.41, 5.74) is -1.67. The largest absolute Gasteiger partial charge is 0.478 e. The summed E-state index contributed by atoms with van der Waals surface area (Å²) in [6, 6.07) is 2.19. The molecule has 0 fully saturated rings. The summed E-state index contributed by atoms with van der Waals surface area (Å²) in [5.74, 6) is -1.52. The topological polar surface area (TPSA) is 80.4 Å². The quantitative estimate of drug-likeness (QED) is 0.658. The lowest BCUT2D eigenvalue weighted by Crippen LogP contribution is -2.12. The highest BCUT2D eigenvalue weighted by Crippen LogP contribution is 2.25. The Kier molecular flexibility index (Phi) is 3.35. The Balaban J connectivity index is 3.22. The Bertz CT molecular complexity index is 438. The van der Waals surface area contributed by atoms with Gasteiger partial charge in [-0.3, -0.25) is 10.1 Å². The van der Waals surface area contributed by atoms with E-state index in [0.717, 1.165) is 6.07 Å². The molecule has 17 heavy (non-hydrogen) atoms. The Labute approximate surface area is 92.6 Å². The summed E-state index contributed by atoms with van der Waals surface area (Å²) in [6.45, 7) is 0. The summed E-state index contributed by atoms with van der Waals surface area (Å²) in [7, 11) is 0. The van der Waals surface area contributed by atoms with Crippen molar-refractivity contribution in [2.75, 3.05) is 0 Å². The molecule has 0 aliphatic carbocycles. The molecule has 0 heterocycles. The molecule has 0 radical (unpaired) electrons. The number of carboxylic acid groups (broad SMARTS) is 1. The summed E-state index contributed by atoms with van der Waals surface area (Å²) < 4.78 is 36.3. The molecule has 1 aromatic rings. The van der Waals surface area contributed by atoms with Crippen LogP contribution in [-0.2, 0) is 6.42 Å². The van der Waals surface area contributed by atoms with Gasteiger partial charge < -0.3 is 5.11 Å². The highest BCUT2D eigenvalue weighted by atomic mass is 19.4. The zero-order valence-corrected chi connectivity index (χ0v) is 8.19. The SMILES string of the molecule is O=C(O)c1cc(CC(F)(F)F)cc([N+](=O)[O-])c1. The van der Waals surface area contributed by atoms with Crippen molar-refractivity contribution in [1.29, 1.82) is 0 Å². The van der Waals surface area contributed by atoms with Crippen LogP contribution in [0.5, 0.6) is 0 Å². The predicted octanol–water partition coefficient (Wildman–Crippen LogP) is 2.40. The van der Waals surface area contributed by atoms with E-state index in [2.05, 4.69) is 0 Å². The number of carbonyl (C=O) groups is 1. The fourth-order valence-electron chi connectivity index (χ4n) is 1.24. The molecule has 0 aliphatic rings. The number of carboxylic acids is 1. The van der Waals surface area contributed by atoms with Gasteiger partial charge in [0.15, 0.2) is 0 Å². The van der Waals surface area contributed by atoms with Gasteiger partial charge >= 0.3 is 12.1 Å². The normalized spacial score (nSPS) is 11.2. The molecule has 1 N–H and O–H groups in total. The van der Waals surface area contributed by atoms with Gasteiger partial charge in [0, 0.05) is 12.1 Å². The second-order valence-electron chi connectivity index (χ2n) is 3.24. The van der Waals surface area contributed by atoms with Gasteiger partial charge in [-0.1, -0.05) is 0 Å². The lowest BCUT2D eigenvalue weighted by molar-refractivity contribution is -0.385. The minimum atomic E-state index is -4.55. The molecule has 0 amide bonds. The lowest BCUT2D eigenvalue weighted by atomic mass is 10.1. The third-order valence-corrected chi connectivity index (χ3v) is 1.84. The van der Waals surface area contributed by atoms with Crippen molar-refractivity contribution in [3.63, 3.8) is 0 Å². The van der Waals surface area contributed by atoms with Crippen LogP contribution < -0.4 is 0 Å². The maximum Gasteiger partial charge on any atom is 0.393 e.